The molecule has 21 heavy (non-hydrogen) atoms. The third-order valence-electron chi connectivity index (χ3n) is 3.44. The largest absolute Gasteiger partial charge is 0.493 e. The van der Waals surface area contributed by atoms with Crippen molar-refractivity contribution in [2.75, 3.05) is 20.8 Å². The number of ether oxygens (including phenoxy) is 2. The highest BCUT2D eigenvalue weighted by Crippen LogP contribution is 2.37. The second-order valence-corrected chi connectivity index (χ2v) is 5.16. The molecule has 1 atom stereocenters. The van der Waals surface area contributed by atoms with Gasteiger partial charge in [-0.1, -0.05) is 24.6 Å². The van der Waals surface area contributed by atoms with E-state index in [1.54, 1.807) is 13.2 Å². The Bertz CT molecular complexity index is 493. The molecule has 118 valence electrons. The highest BCUT2D eigenvalue weighted by molar-refractivity contribution is 6.33. The number of hydrogen-bond acceptors (Lipinski definition) is 4. The summed E-state index contributed by atoms with van der Waals surface area (Å²) < 4.78 is 10.5. The van der Waals surface area contributed by atoms with Crippen LogP contribution in [-0.2, 0) is 11.3 Å². The molecule has 0 aliphatic heterocycles. The van der Waals surface area contributed by atoms with Crippen LogP contribution in [0.15, 0.2) is 12.1 Å². The van der Waals surface area contributed by atoms with Gasteiger partial charge in [0.05, 0.1) is 25.7 Å². The van der Waals surface area contributed by atoms with Crippen LogP contribution in [0.5, 0.6) is 11.5 Å². The van der Waals surface area contributed by atoms with Crippen LogP contribution < -0.4 is 9.47 Å². The van der Waals surface area contributed by atoms with Crippen LogP contribution >= 0.6 is 11.6 Å². The van der Waals surface area contributed by atoms with Crippen molar-refractivity contribution in [3.05, 3.63) is 22.7 Å². The fourth-order valence-electron chi connectivity index (χ4n) is 2.23. The summed E-state index contributed by atoms with van der Waals surface area (Å²) in [5.41, 5.74) is 0.883. The predicted octanol–water partition coefficient (Wildman–Crippen LogP) is 3.04. The van der Waals surface area contributed by atoms with E-state index in [0.717, 1.165) is 12.1 Å². The molecule has 0 aliphatic rings. The molecule has 0 aliphatic carbocycles. The first-order chi connectivity index (χ1) is 9.94. The molecular weight excluding hydrogens is 294 g/mol. The van der Waals surface area contributed by atoms with Crippen molar-refractivity contribution in [2.24, 2.45) is 0 Å². The van der Waals surface area contributed by atoms with Gasteiger partial charge in [-0.15, -0.1) is 0 Å². The van der Waals surface area contributed by atoms with Gasteiger partial charge in [0.25, 0.3) is 0 Å². The second-order valence-electron chi connectivity index (χ2n) is 4.78. The lowest BCUT2D eigenvalue weighted by Gasteiger charge is -2.27. The SMILES string of the molecule is CCN(Cc1ccc(OC)c(OC)c1Cl)C(C)CC(=O)O. The Balaban J connectivity index is 2.97. The number of methoxy groups -OCH3 is 2. The van der Waals surface area contributed by atoms with Crippen molar-refractivity contribution in [2.45, 2.75) is 32.9 Å². The molecule has 1 aromatic rings. The Kier molecular flexibility index (Phi) is 6.78. The predicted molar refractivity (Wildman–Crippen MR) is 82.4 cm³/mol. The lowest BCUT2D eigenvalue weighted by molar-refractivity contribution is -0.138. The Morgan fingerprint density at radius 1 is 1.38 bits per heavy atom. The van der Waals surface area contributed by atoms with Gasteiger partial charge in [0.1, 0.15) is 0 Å². The minimum Gasteiger partial charge on any atom is -0.493 e. The van der Waals surface area contributed by atoms with Crippen LogP contribution in [0.25, 0.3) is 0 Å². The molecule has 0 heterocycles. The molecule has 6 heteroatoms. The van der Waals surface area contributed by atoms with Crippen LogP contribution in [0.3, 0.4) is 0 Å². The van der Waals surface area contributed by atoms with Gasteiger partial charge in [0.15, 0.2) is 11.5 Å². The third kappa shape index (κ3) is 4.51. The number of nitrogens with zero attached hydrogens (tertiary/aromatic N) is 1. The van der Waals surface area contributed by atoms with Crippen molar-refractivity contribution in [1.29, 1.82) is 0 Å². The topological polar surface area (TPSA) is 59.0 Å². The molecule has 0 amide bonds. The molecule has 0 saturated carbocycles. The summed E-state index contributed by atoms with van der Waals surface area (Å²) >= 11 is 6.36. The van der Waals surface area contributed by atoms with Crippen molar-refractivity contribution in [3.8, 4) is 11.5 Å². The maximum atomic E-state index is 10.8. The Morgan fingerprint density at radius 2 is 2.05 bits per heavy atom. The summed E-state index contributed by atoms with van der Waals surface area (Å²) in [5, 5.41) is 9.41. The number of aliphatic carboxylic acids is 1. The molecule has 0 bridgehead atoms. The molecule has 0 aromatic heterocycles. The second kappa shape index (κ2) is 8.10. The number of carbonyl (C=O) groups is 1. The highest BCUT2D eigenvalue weighted by Gasteiger charge is 2.19. The van der Waals surface area contributed by atoms with E-state index < -0.39 is 5.97 Å². The van der Waals surface area contributed by atoms with E-state index in [0.29, 0.717) is 23.1 Å². The van der Waals surface area contributed by atoms with E-state index in [-0.39, 0.29) is 12.5 Å². The molecular formula is C15H22ClNO4. The summed E-state index contributed by atoms with van der Waals surface area (Å²) in [6.07, 6.45) is 0.0960. The number of rotatable bonds is 8. The smallest absolute Gasteiger partial charge is 0.304 e. The molecule has 1 rings (SSSR count). The average molecular weight is 316 g/mol. The highest BCUT2D eigenvalue weighted by atomic mass is 35.5. The molecule has 0 spiro atoms. The summed E-state index contributed by atoms with van der Waals surface area (Å²) in [4.78, 5) is 12.9. The van der Waals surface area contributed by atoms with Gasteiger partial charge in [-0.25, -0.2) is 0 Å². The van der Waals surface area contributed by atoms with E-state index in [1.165, 1.54) is 7.11 Å². The molecule has 5 nitrogen and oxygen atoms in total. The lowest BCUT2D eigenvalue weighted by Crippen LogP contribution is -2.34. The van der Waals surface area contributed by atoms with E-state index in [1.807, 2.05) is 19.9 Å². The molecule has 0 radical (unpaired) electrons. The summed E-state index contributed by atoms with van der Waals surface area (Å²) in [7, 11) is 3.10. The maximum absolute atomic E-state index is 10.8. The molecule has 1 unspecified atom stereocenters. The monoisotopic (exact) mass is 315 g/mol. The molecule has 0 saturated heterocycles. The number of hydrogen-bond donors (Lipinski definition) is 1. The van der Waals surface area contributed by atoms with Gasteiger partial charge in [-0.05, 0) is 25.1 Å². The summed E-state index contributed by atoms with van der Waals surface area (Å²) in [6, 6.07) is 3.60. The summed E-state index contributed by atoms with van der Waals surface area (Å²) in [5.74, 6) is 0.269. The van der Waals surface area contributed by atoms with Crippen molar-refractivity contribution < 1.29 is 19.4 Å². The van der Waals surface area contributed by atoms with Crippen LogP contribution in [0, 0.1) is 0 Å². The van der Waals surface area contributed by atoms with Crippen molar-refractivity contribution in [3.63, 3.8) is 0 Å². The molecule has 1 aromatic carbocycles. The fourth-order valence-corrected chi connectivity index (χ4v) is 2.53. The normalized spacial score (nSPS) is 12.3. The van der Waals surface area contributed by atoms with E-state index in [9.17, 15) is 4.79 Å². The van der Waals surface area contributed by atoms with Crippen molar-refractivity contribution >= 4 is 17.6 Å². The van der Waals surface area contributed by atoms with Gasteiger partial charge in [0.2, 0.25) is 0 Å². The number of halogens is 1. The van der Waals surface area contributed by atoms with Gasteiger partial charge >= 0.3 is 5.97 Å². The number of carboxylic acid groups (broad SMARTS) is 1. The number of benzene rings is 1. The fraction of sp³-hybridized carbons (Fsp3) is 0.533. The van der Waals surface area contributed by atoms with Crippen LogP contribution in [0.1, 0.15) is 25.8 Å². The average Bonchev–Trinajstić information content (AvgIpc) is 2.44. The maximum Gasteiger partial charge on any atom is 0.304 e. The zero-order valence-corrected chi connectivity index (χ0v) is 13.6. The van der Waals surface area contributed by atoms with Gasteiger partial charge in [-0.3, -0.25) is 9.69 Å². The Morgan fingerprint density at radius 3 is 2.52 bits per heavy atom. The first-order valence-electron chi connectivity index (χ1n) is 6.79. The van der Waals surface area contributed by atoms with Gasteiger partial charge in [-0.2, -0.15) is 0 Å². The third-order valence-corrected chi connectivity index (χ3v) is 3.85. The van der Waals surface area contributed by atoms with E-state index in [2.05, 4.69) is 4.90 Å². The molecule has 1 N–H and O–H groups in total. The summed E-state index contributed by atoms with van der Waals surface area (Å²) in [6.45, 7) is 5.18. The standard InChI is InChI=1S/C15H22ClNO4/c1-5-17(10(2)8-13(18)19)9-11-6-7-12(20-3)15(21-4)14(11)16/h6-7,10H,5,8-9H2,1-4H3,(H,18,19). The van der Waals surface area contributed by atoms with Gasteiger partial charge < -0.3 is 14.6 Å². The first-order valence-corrected chi connectivity index (χ1v) is 7.17. The lowest BCUT2D eigenvalue weighted by atomic mass is 10.1. The van der Waals surface area contributed by atoms with Crippen LogP contribution in [0.2, 0.25) is 5.02 Å². The number of carboxylic acids is 1. The van der Waals surface area contributed by atoms with E-state index >= 15 is 0 Å². The van der Waals surface area contributed by atoms with Crippen molar-refractivity contribution in [1.82, 2.24) is 4.90 Å². The van der Waals surface area contributed by atoms with Crippen LogP contribution in [-0.4, -0.2) is 42.8 Å². The zero-order valence-electron chi connectivity index (χ0n) is 12.9. The molecule has 0 fully saturated rings. The Hall–Kier alpha value is -1.46. The Labute approximate surface area is 130 Å². The van der Waals surface area contributed by atoms with Crippen LogP contribution in [0.4, 0.5) is 0 Å². The minimum absolute atomic E-state index is 0.0725. The minimum atomic E-state index is -0.806. The zero-order chi connectivity index (χ0) is 16.0. The van der Waals surface area contributed by atoms with Gasteiger partial charge in [0, 0.05) is 12.6 Å². The quantitative estimate of drug-likeness (QED) is 0.799. The van der Waals surface area contributed by atoms with E-state index in [4.69, 9.17) is 26.2 Å². The first kappa shape index (κ1) is 17.6.